The minimum absolute atomic E-state index is 1.28. The van der Waals surface area contributed by atoms with E-state index in [2.05, 4.69) is 36.4 Å². The molecule has 0 heterocycles. The quantitative estimate of drug-likeness (QED) is 0.583. The largest absolute Gasteiger partial charge is 0.0622 e. The Kier molecular flexibility index (Phi) is 1.80. The van der Waals surface area contributed by atoms with Gasteiger partial charge in [-0.3, -0.25) is 0 Å². The smallest absolute Gasteiger partial charge is 0.0149 e. The number of hydrogen-bond acceptors (Lipinski definition) is 0. The van der Waals surface area contributed by atoms with Crippen LogP contribution in [0, 0.1) is 0 Å². The lowest BCUT2D eigenvalue weighted by molar-refractivity contribution is 0.691. The molecule has 0 bridgehead atoms. The standard InChI is InChI=1S/C14H14/c1-2-6-11-10-12-7-4-5-9-14(12)13(11)8-3-1/h1-3,6,8,10H,4-5,7,9H2. The molecule has 3 rings (SSSR count). The fourth-order valence-corrected chi connectivity index (χ4v) is 2.55. The Hall–Kier alpha value is -1.30. The summed E-state index contributed by atoms with van der Waals surface area (Å²) in [5.41, 5.74) is 6.10. The molecule has 14 heavy (non-hydrogen) atoms. The first-order chi connectivity index (χ1) is 6.95. The average molecular weight is 182 g/mol. The third kappa shape index (κ3) is 1.14. The summed E-state index contributed by atoms with van der Waals surface area (Å²) in [7, 11) is 0. The third-order valence-corrected chi connectivity index (χ3v) is 3.24. The van der Waals surface area contributed by atoms with E-state index in [-0.39, 0.29) is 0 Å². The highest BCUT2D eigenvalue weighted by atomic mass is 14.2. The Bertz CT molecular complexity index is 428. The van der Waals surface area contributed by atoms with Crippen LogP contribution in [0.2, 0.25) is 0 Å². The van der Waals surface area contributed by atoms with Crippen molar-refractivity contribution in [3.8, 4) is 11.1 Å². The molecule has 0 aromatic carbocycles. The fourth-order valence-electron chi connectivity index (χ4n) is 2.55. The van der Waals surface area contributed by atoms with E-state index in [1.165, 1.54) is 36.8 Å². The number of rotatable bonds is 0. The van der Waals surface area contributed by atoms with Crippen LogP contribution in [0.3, 0.4) is 0 Å². The molecule has 0 saturated carbocycles. The zero-order valence-electron chi connectivity index (χ0n) is 8.29. The van der Waals surface area contributed by atoms with Gasteiger partial charge in [-0.2, -0.15) is 0 Å². The molecule has 0 amide bonds. The highest BCUT2D eigenvalue weighted by Crippen LogP contribution is 2.35. The summed E-state index contributed by atoms with van der Waals surface area (Å²) in [6, 6.07) is 13.3. The van der Waals surface area contributed by atoms with E-state index in [0.717, 1.165) is 0 Å². The number of hydrogen-bond donors (Lipinski definition) is 0. The van der Waals surface area contributed by atoms with Crippen LogP contribution in [-0.4, -0.2) is 0 Å². The van der Waals surface area contributed by atoms with Gasteiger partial charge in [0.2, 0.25) is 0 Å². The molecule has 3 aliphatic carbocycles. The molecule has 0 fully saturated rings. The number of fused-ring (bicyclic) bond motifs is 3. The van der Waals surface area contributed by atoms with Crippen LogP contribution in [0.4, 0.5) is 0 Å². The van der Waals surface area contributed by atoms with Gasteiger partial charge < -0.3 is 0 Å². The van der Waals surface area contributed by atoms with Crippen molar-refractivity contribution >= 4 is 0 Å². The van der Waals surface area contributed by atoms with E-state index in [0.29, 0.717) is 0 Å². The molecule has 0 radical (unpaired) electrons. The molecule has 0 aliphatic heterocycles. The second-order valence-corrected chi connectivity index (χ2v) is 4.13. The molecular formula is C14H14. The molecule has 0 heteroatoms. The van der Waals surface area contributed by atoms with Gasteiger partial charge in [-0.15, -0.1) is 0 Å². The van der Waals surface area contributed by atoms with Crippen LogP contribution < -0.4 is 0 Å². The summed E-state index contributed by atoms with van der Waals surface area (Å²) in [6.45, 7) is 0. The van der Waals surface area contributed by atoms with Crippen LogP contribution in [0.25, 0.3) is 11.1 Å². The van der Waals surface area contributed by atoms with Crippen molar-refractivity contribution in [2.45, 2.75) is 25.7 Å². The molecule has 0 nitrogen and oxygen atoms in total. The van der Waals surface area contributed by atoms with E-state index < -0.39 is 0 Å². The van der Waals surface area contributed by atoms with Crippen LogP contribution in [0.15, 0.2) is 36.4 Å². The minimum Gasteiger partial charge on any atom is -0.0622 e. The highest BCUT2D eigenvalue weighted by molar-refractivity contribution is 5.73. The Morgan fingerprint density at radius 1 is 0.857 bits per heavy atom. The van der Waals surface area contributed by atoms with E-state index in [9.17, 15) is 0 Å². The van der Waals surface area contributed by atoms with Crippen molar-refractivity contribution in [1.29, 1.82) is 0 Å². The Balaban J connectivity index is 2.27. The molecule has 70 valence electrons. The van der Waals surface area contributed by atoms with Gasteiger partial charge in [0.05, 0.1) is 0 Å². The topological polar surface area (TPSA) is 0 Å². The summed E-state index contributed by atoms with van der Waals surface area (Å²) in [5, 5.41) is 0. The van der Waals surface area contributed by atoms with Gasteiger partial charge in [0.25, 0.3) is 0 Å². The third-order valence-electron chi connectivity index (χ3n) is 3.24. The lowest BCUT2D eigenvalue weighted by Crippen LogP contribution is -1.98. The van der Waals surface area contributed by atoms with Gasteiger partial charge in [0.1, 0.15) is 0 Å². The maximum absolute atomic E-state index is 2.38. The Morgan fingerprint density at radius 3 is 2.71 bits per heavy atom. The minimum atomic E-state index is 1.28. The van der Waals surface area contributed by atoms with Gasteiger partial charge in [-0.1, -0.05) is 36.4 Å². The summed E-state index contributed by atoms with van der Waals surface area (Å²) in [6.07, 6.45) is 5.30. The van der Waals surface area contributed by atoms with E-state index in [1.807, 2.05) is 0 Å². The number of aryl methyl sites for hydroxylation is 1. The van der Waals surface area contributed by atoms with Crippen LogP contribution in [0.1, 0.15) is 24.0 Å². The lowest BCUT2D eigenvalue weighted by Gasteiger charge is -2.11. The summed E-state index contributed by atoms with van der Waals surface area (Å²) in [4.78, 5) is 0. The molecule has 0 saturated heterocycles. The summed E-state index contributed by atoms with van der Waals surface area (Å²) >= 11 is 0. The van der Waals surface area contributed by atoms with Gasteiger partial charge in [0.15, 0.2) is 0 Å². The van der Waals surface area contributed by atoms with Crippen LogP contribution >= 0.6 is 0 Å². The molecule has 0 spiro atoms. The molecule has 0 atom stereocenters. The lowest BCUT2D eigenvalue weighted by atomic mass is 9.94. The molecule has 0 N–H and O–H groups in total. The fraction of sp³-hybridized carbons (Fsp3) is 0.286. The zero-order chi connectivity index (χ0) is 9.38. The normalized spacial score (nSPS) is 15.4. The molecule has 0 aromatic rings. The summed E-state index contributed by atoms with van der Waals surface area (Å²) in [5.74, 6) is 0. The predicted molar refractivity (Wildman–Crippen MR) is 59.7 cm³/mol. The predicted octanol–water partition coefficient (Wildman–Crippen LogP) is 3.67. The van der Waals surface area contributed by atoms with Crippen molar-refractivity contribution < 1.29 is 0 Å². The SMILES string of the molecule is c1ccc2cc3c(c-2cc1)CCCC3. The van der Waals surface area contributed by atoms with Crippen molar-refractivity contribution in [1.82, 2.24) is 0 Å². The second kappa shape index (κ2) is 3.13. The first-order valence-electron chi connectivity index (χ1n) is 5.45. The monoisotopic (exact) mass is 182 g/mol. The van der Waals surface area contributed by atoms with Crippen LogP contribution in [0.5, 0.6) is 0 Å². The van der Waals surface area contributed by atoms with E-state index in [1.54, 1.807) is 11.1 Å². The van der Waals surface area contributed by atoms with E-state index >= 15 is 0 Å². The first kappa shape index (κ1) is 8.05. The van der Waals surface area contributed by atoms with Gasteiger partial charge in [-0.25, -0.2) is 0 Å². The van der Waals surface area contributed by atoms with Gasteiger partial charge in [-0.05, 0) is 47.9 Å². The van der Waals surface area contributed by atoms with Crippen molar-refractivity contribution in [2.24, 2.45) is 0 Å². The van der Waals surface area contributed by atoms with Crippen LogP contribution in [-0.2, 0) is 12.8 Å². The average Bonchev–Trinajstić information content (AvgIpc) is 2.42. The van der Waals surface area contributed by atoms with E-state index in [4.69, 9.17) is 0 Å². The van der Waals surface area contributed by atoms with Crippen molar-refractivity contribution in [2.75, 3.05) is 0 Å². The highest BCUT2D eigenvalue weighted by Gasteiger charge is 2.16. The Labute approximate surface area is 84.9 Å². The summed E-state index contributed by atoms with van der Waals surface area (Å²) < 4.78 is 0. The van der Waals surface area contributed by atoms with Crippen molar-refractivity contribution in [3.63, 3.8) is 0 Å². The molecule has 0 aromatic heterocycles. The molecule has 0 unspecified atom stereocenters. The van der Waals surface area contributed by atoms with Gasteiger partial charge in [0, 0.05) is 0 Å². The first-order valence-corrected chi connectivity index (χ1v) is 5.45. The van der Waals surface area contributed by atoms with Crippen molar-refractivity contribution in [3.05, 3.63) is 47.5 Å². The maximum atomic E-state index is 2.38. The van der Waals surface area contributed by atoms with Gasteiger partial charge >= 0.3 is 0 Å². The zero-order valence-corrected chi connectivity index (χ0v) is 8.29. The second-order valence-electron chi connectivity index (χ2n) is 4.13. The molecular weight excluding hydrogens is 168 g/mol. The maximum Gasteiger partial charge on any atom is -0.0149 e. The molecule has 3 aliphatic rings. The Morgan fingerprint density at radius 2 is 1.71 bits per heavy atom.